The van der Waals surface area contributed by atoms with Crippen molar-refractivity contribution in [3.05, 3.63) is 58.6 Å². The first kappa shape index (κ1) is 29.2. The van der Waals surface area contributed by atoms with Crippen molar-refractivity contribution >= 4 is 23.6 Å². The Bertz CT molecular complexity index is 1160. The number of nitrogens with one attached hydrogen (secondary N) is 1. The number of benzene rings is 2. The van der Waals surface area contributed by atoms with Gasteiger partial charge in [0.15, 0.2) is 5.75 Å². The van der Waals surface area contributed by atoms with E-state index in [1.807, 2.05) is 48.2 Å². The van der Waals surface area contributed by atoms with Gasteiger partial charge < -0.3 is 30.5 Å². The van der Waals surface area contributed by atoms with Gasteiger partial charge in [-0.25, -0.2) is 4.79 Å². The molecule has 4 N–H and O–H groups in total. The zero-order chi connectivity index (χ0) is 28.0. The number of aliphatic hydroxyl groups is 1. The second kappa shape index (κ2) is 13.0. The van der Waals surface area contributed by atoms with Crippen LogP contribution in [-0.2, 0) is 15.1 Å². The molecule has 4 atom stereocenters. The zero-order valence-corrected chi connectivity index (χ0v) is 23.6. The van der Waals surface area contributed by atoms with Gasteiger partial charge in [0.25, 0.3) is 0 Å². The van der Waals surface area contributed by atoms with Crippen molar-refractivity contribution in [1.82, 2.24) is 10.2 Å². The second-order valence-corrected chi connectivity index (χ2v) is 11.2. The molecule has 9 heteroatoms. The Kier molecular flexibility index (Phi) is 9.75. The molecule has 8 nitrogen and oxygen atoms in total. The third-order valence-electron chi connectivity index (χ3n) is 8.16. The highest BCUT2D eigenvalue weighted by molar-refractivity contribution is 6.32. The van der Waals surface area contributed by atoms with E-state index in [9.17, 15) is 14.7 Å². The van der Waals surface area contributed by atoms with Gasteiger partial charge in [0, 0.05) is 43.1 Å². The summed E-state index contributed by atoms with van der Waals surface area (Å²) in [6.45, 7) is 3.39. The first-order chi connectivity index (χ1) is 18.7. The number of carbonyl (C=O) groups is 2. The fourth-order valence-corrected chi connectivity index (χ4v) is 6.19. The minimum Gasteiger partial charge on any atom is -0.455 e. The summed E-state index contributed by atoms with van der Waals surface area (Å²) in [6, 6.07) is 13.1. The van der Waals surface area contributed by atoms with Crippen LogP contribution in [0.15, 0.2) is 42.5 Å². The number of hydrogen-bond acceptors (Lipinski definition) is 6. The Hall–Kier alpha value is -2.81. The lowest BCUT2D eigenvalue weighted by molar-refractivity contribution is -0.141. The van der Waals surface area contributed by atoms with Crippen molar-refractivity contribution in [2.75, 3.05) is 26.7 Å². The standard InChI is InChI=1S/C30H40ClN3O5/c1-20-8-3-4-12-26(20)39-27-24(10-5-11-25(27)31)30(37,15-7-16-33-29(36)38-2)22-9-6-17-34(19-22)28(35)21-13-14-23(32)18-21/h3-5,8,10-12,21-23,37H,6-7,9,13-19,32H2,1-2H3,(H,33,36). The Labute approximate surface area is 235 Å². The number of nitrogens with two attached hydrogens (primary N) is 1. The van der Waals surface area contributed by atoms with E-state index in [0.717, 1.165) is 31.2 Å². The molecule has 1 saturated heterocycles. The predicted molar refractivity (Wildman–Crippen MR) is 151 cm³/mol. The Morgan fingerprint density at radius 3 is 2.69 bits per heavy atom. The van der Waals surface area contributed by atoms with Crippen molar-refractivity contribution in [2.24, 2.45) is 17.6 Å². The summed E-state index contributed by atoms with van der Waals surface area (Å²) in [6.07, 6.45) is 4.23. The van der Waals surface area contributed by atoms with Crippen molar-refractivity contribution in [3.8, 4) is 11.5 Å². The largest absolute Gasteiger partial charge is 0.455 e. The maximum Gasteiger partial charge on any atom is 0.406 e. The minimum absolute atomic E-state index is 0.0535. The zero-order valence-electron chi connectivity index (χ0n) is 22.8. The molecule has 1 heterocycles. The number of halogens is 1. The number of ether oxygens (including phenoxy) is 2. The number of likely N-dealkylation sites (tertiary alicyclic amines) is 1. The van der Waals surface area contributed by atoms with Crippen molar-refractivity contribution in [1.29, 1.82) is 0 Å². The summed E-state index contributed by atoms with van der Waals surface area (Å²) < 4.78 is 11.1. The number of hydrogen-bond donors (Lipinski definition) is 3. The first-order valence-corrected chi connectivity index (χ1v) is 14.2. The molecule has 0 aromatic heterocycles. The summed E-state index contributed by atoms with van der Waals surface area (Å²) in [5.41, 5.74) is 6.26. The van der Waals surface area contributed by atoms with E-state index in [-0.39, 0.29) is 23.8 Å². The average molecular weight is 558 g/mol. The highest BCUT2D eigenvalue weighted by Gasteiger charge is 2.44. The number of aryl methyl sites for hydroxylation is 1. The van der Waals surface area contributed by atoms with Crippen LogP contribution < -0.4 is 15.8 Å². The third-order valence-corrected chi connectivity index (χ3v) is 8.46. The molecule has 1 aliphatic heterocycles. The molecule has 1 saturated carbocycles. The van der Waals surface area contributed by atoms with Crippen molar-refractivity contribution in [3.63, 3.8) is 0 Å². The third kappa shape index (κ3) is 6.86. The molecular formula is C30H40ClN3O5. The van der Waals surface area contributed by atoms with Gasteiger partial charge in [-0.3, -0.25) is 4.79 Å². The van der Waals surface area contributed by atoms with E-state index in [2.05, 4.69) is 10.1 Å². The van der Waals surface area contributed by atoms with Crippen LogP contribution in [0.3, 0.4) is 0 Å². The predicted octanol–water partition coefficient (Wildman–Crippen LogP) is 5.13. The van der Waals surface area contributed by atoms with Crippen LogP contribution in [0.4, 0.5) is 4.79 Å². The second-order valence-electron chi connectivity index (χ2n) is 10.8. The van der Waals surface area contributed by atoms with Crippen molar-refractivity contribution < 1.29 is 24.2 Å². The monoisotopic (exact) mass is 557 g/mol. The maximum absolute atomic E-state index is 13.4. The number of rotatable bonds is 9. The van der Waals surface area contributed by atoms with Gasteiger partial charge in [-0.2, -0.15) is 0 Å². The molecule has 0 bridgehead atoms. The highest BCUT2D eigenvalue weighted by Crippen LogP contribution is 2.47. The van der Waals surface area contributed by atoms with Gasteiger partial charge in [-0.1, -0.05) is 41.9 Å². The van der Waals surface area contributed by atoms with Crippen LogP contribution in [0.2, 0.25) is 5.02 Å². The lowest BCUT2D eigenvalue weighted by atomic mass is 9.73. The first-order valence-electron chi connectivity index (χ1n) is 13.8. The van der Waals surface area contributed by atoms with Gasteiger partial charge in [0.1, 0.15) is 5.75 Å². The lowest BCUT2D eigenvalue weighted by Gasteiger charge is -2.44. The molecule has 2 aromatic carbocycles. The van der Waals surface area contributed by atoms with E-state index in [1.54, 1.807) is 6.07 Å². The molecule has 2 fully saturated rings. The fourth-order valence-electron chi connectivity index (χ4n) is 5.98. The van der Waals surface area contributed by atoms with Crippen LogP contribution >= 0.6 is 11.6 Å². The molecule has 4 unspecified atom stereocenters. The van der Waals surface area contributed by atoms with Gasteiger partial charge in [0.2, 0.25) is 5.91 Å². The van der Waals surface area contributed by atoms with Crippen LogP contribution in [0.5, 0.6) is 11.5 Å². The van der Waals surface area contributed by atoms with E-state index in [0.29, 0.717) is 61.0 Å². The number of methoxy groups -OCH3 is 1. The molecule has 2 aromatic rings. The summed E-state index contributed by atoms with van der Waals surface area (Å²) in [7, 11) is 1.32. The van der Waals surface area contributed by atoms with E-state index in [1.165, 1.54) is 7.11 Å². The maximum atomic E-state index is 13.4. The topological polar surface area (TPSA) is 114 Å². The quantitative estimate of drug-likeness (QED) is 0.368. The van der Waals surface area contributed by atoms with Crippen molar-refractivity contribution in [2.45, 2.75) is 63.5 Å². The normalized spacial score (nSPS) is 22.7. The number of nitrogens with zero attached hydrogens (tertiary/aromatic N) is 1. The fraction of sp³-hybridized carbons (Fsp3) is 0.533. The molecule has 2 aliphatic rings. The van der Waals surface area contributed by atoms with Gasteiger partial charge in [0.05, 0.1) is 17.7 Å². The van der Waals surface area contributed by atoms with Crippen LogP contribution in [-0.4, -0.2) is 54.8 Å². The minimum atomic E-state index is -1.36. The lowest BCUT2D eigenvalue weighted by Crippen LogP contribution is -2.49. The van der Waals surface area contributed by atoms with E-state index in [4.69, 9.17) is 22.1 Å². The van der Waals surface area contributed by atoms with Gasteiger partial charge in [-0.15, -0.1) is 0 Å². The number of carbonyl (C=O) groups excluding carboxylic acids is 2. The number of para-hydroxylation sites is 2. The van der Waals surface area contributed by atoms with Crippen LogP contribution in [0.25, 0.3) is 0 Å². The van der Waals surface area contributed by atoms with Crippen LogP contribution in [0.1, 0.15) is 56.1 Å². The molecule has 39 heavy (non-hydrogen) atoms. The van der Waals surface area contributed by atoms with E-state index >= 15 is 0 Å². The Balaban J connectivity index is 1.65. The summed E-state index contributed by atoms with van der Waals surface area (Å²) in [5, 5.41) is 15.6. The number of piperidine rings is 1. The number of amides is 2. The van der Waals surface area contributed by atoms with Gasteiger partial charge in [-0.05, 0) is 69.6 Å². The van der Waals surface area contributed by atoms with Crippen LogP contribution in [0, 0.1) is 18.8 Å². The molecule has 4 rings (SSSR count). The smallest absolute Gasteiger partial charge is 0.406 e. The number of alkyl carbamates (subject to hydrolysis) is 1. The Morgan fingerprint density at radius 2 is 1.97 bits per heavy atom. The molecular weight excluding hydrogens is 518 g/mol. The summed E-state index contributed by atoms with van der Waals surface area (Å²) in [4.78, 5) is 26.9. The summed E-state index contributed by atoms with van der Waals surface area (Å²) >= 11 is 6.69. The average Bonchev–Trinajstić information content (AvgIpc) is 3.38. The molecule has 1 aliphatic carbocycles. The molecule has 0 spiro atoms. The molecule has 212 valence electrons. The van der Waals surface area contributed by atoms with Gasteiger partial charge >= 0.3 is 6.09 Å². The summed E-state index contributed by atoms with van der Waals surface area (Å²) in [5.74, 6) is 0.884. The van der Waals surface area contributed by atoms with E-state index < -0.39 is 11.7 Å². The molecule has 0 radical (unpaired) electrons. The SMILES string of the molecule is COC(=O)NCCCC(O)(c1cccc(Cl)c1Oc1ccccc1C)C1CCCN(C(=O)C2CCC(N)C2)C1. The highest BCUT2D eigenvalue weighted by atomic mass is 35.5. The molecule has 2 amide bonds. The Morgan fingerprint density at radius 1 is 1.18 bits per heavy atom.